The van der Waals surface area contributed by atoms with Gasteiger partial charge in [-0.1, -0.05) is 47.5 Å². The Morgan fingerprint density at radius 2 is 1.01 bits per heavy atom. The van der Waals surface area contributed by atoms with Crippen molar-refractivity contribution in [2.45, 2.75) is 45.5 Å². The molecular formula is C43H36Cl4N14O10S4. The number of rotatable bonds is 18. The van der Waals surface area contributed by atoms with E-state index in [1.807, 2.05) is 13.2 Å². The summed E-state index contributed by atoms with van der Waals surface area (Å²) < 4.78 is 103. The normalized spacial score (nSPS) is 13.6. The van der Waals surface area contributed by atoms with Crippen LogP contribution in [0, 0.1) is 0 Å². The first kappa shape index (κ1) is 53.4. The molecule has 0 saturated heterocycles. The molecule has 0 amide bonds. The molecule has 4 heterocycles. The second kappa shape index (κ2) is 21.7. The van der Waals surface area contributed by atoms with Crippen molar-refractivity contribution in [3.8, 4) is 23.0 Å². The van der Waals surface area contributed by atoms with Gasteiger partial charge in [0.05, 0.1) is 27.6 Å². The number of ether oxygens (including phenoxy) is 2. The first-order valence-corrected chi connectivity index (χ1v) is 28.2. The molecule has 0 fully saturated rings. The third-order valence-corrected chi connectivity index (χ3v) is 15.1. The van der Waals surface area contributed by atoms with E-state index >= 15 is 0 Å². The van der Waals surface area contributed by atoms with E-state index < -0.39 is 42.3 Å². The van der Waals surface area contributed by atoms with E-state index in [1.165, 1.54) is 54.2 Å². The van der Waals surface area contributed by atoms with E-state index in [9.17, 15) is 34.7 Å². The highest BCUT2D eigenvalue weighted by Gasteiger charge is 2.32. The van der Waals surface area contributed by atoms with Gasteiger partial charge in [0.2, 0.25) is 34.4 Å². The lowest BCUT2D eigenvalue weighted by Crippen LogP contribution is -2.27. The van der Waals surface area contributed by atoms with Crippen LogP contribution in [0.15, 0.2) is 102 Å². The lowest BCUT2D eigenvalue weighted by atomic mass is 10.2. The Hall–Kier alpha value is -6.44. The Bertz CT molecular complexity index is 3860. The Balaban J connectivity index is 0.902. The number of nitrogens with one attached hydrogen (secondary N) is 6. The van der Waals surface area contributed by atoms with Crippen LogP contribution in [-0.4, -0.2) is 96.0 Å². The molecule has 9 N–H and O–H groups in total. The minimum atomic E-state index is -4.59. The van der Waals surface area contributed by atoms with Gasteiger partial charge in [-0.15, -0.1) is 11.8 Å². The maximum absolute atomic E-state index is 13.0. The molecule has 0 radical (unpaired) electrons. The first-order chi connectivity index (χ1) is 35.6. The molecule has 2 aliphatic heterocycles. The molecule has 2 unspecified atom stereocenters. The number of anilines is 8. The van der Waals surface area contributed by atoms with E-state index in [4.69, 9.17) is 65.9 Å². The molecule has 7 aromatic rings. The first-order valence-electron chi connectivity index (χ1n) is 21.5. The van der Waals surface area contributed by atoms with Gasteiger partial charge in [-0.25, -0.2) is 14.2 Å². The van der Waals surface area contributed by atoms with Crippen molar-refractivity contribution in [3.63, 3.8) is 0 Å². The molecule has 0 spiro atoms. The number of fused-ring (bicyclic) bond motifs is 4. The van der Waals surface area contributed by atoms with Gasteiger partial charge < -0.3 is 45.9 Å². The lowest BCUT2D eigenvalue weighted by Gasteiger charge is -2.24. The Morgan fingerprint density at radius 1 is 0.587 bits per heavy atom. The number of nitrogens with zero attached hydrogens (tertiary/aromatic N) is 8. The van der Waals surface area contributed by atoms with Crippen molar-refractivity contribution in [2.75, 3.05) is 51.2 Å². The second-order valence-electron chi connectivity index (χ2n) is 16.0. The predicted octanol–water partition coefficient (Wildman–Crippen LogP) is 8.89. The maximum atomic E-state index is 13.0. The fourth-order valence-corrected chi connectivity index (χ4v) is 10.9. The van der Waals surface area contributed by atoms with Crippen molar-refractivity contribution in [2.24, 2.45) is 9.98 Å². The molecule has 9 rings (SSSR count). The zero-order valence-corrected chi connectivity index (χ0v) is 44.7. The summed E-state index contributed by atoms with van der Waals surface area (Å²) in [5.41, 5.74) is 1.46. The molecular weight excluding hydrogens is 1140 g/mol. The van der Waals surface area contributed by atoms with Gasteiger partial charge >= 0.3 is 0 Å². The van der Waals surface area contributed by atoms with Gasteiger partial charge in [-0.05, 0) is 91.8 Å². The predicted molar refractivity (Wildman–Crippen MR) is 284 cm³/mol. The average molecular weight is 1180 g/mol. The average Bonchev–Trinajstić information content (AvgIpc) is 3.34. The summed E-state index contributed by atoms with van der Waals surface area (Å²) in [5, 5.41) is 18.0. The summed E-state index contributed by atoms with van der Waals surface area (Å²) in [6.45, 7) is 4.04. The minimum absolute atomic E-state index is 0.00125. The van der Waals surface area contributed by atoms with Crippen LogP contribution in [0.3, 0.4) is 0 Å². The van der Waals surface area contributed by atoms with Gasteiger partial charge in [-0.3, -0.25) is 9.11 Å². The molecule has 0 aliphatic carbocycles. The highest BCUT2D eigenvalue weighted by molar-refractivity contribution is 7.98. The number of para-hydroxylation sites is 2. The largest absolute Gasteiger partial charge is 0.450 e. The SMILES string of the molecule is CSc1c(NCC(C)Nc2nc(Cl)nc(Nc3ccccc3S(=O)(=O)O)n2)ccc2c1Oc1c(Cl)c3c(c(Cl)c1=N2)Oc1c(ccc(NCC(C)Nc2nc(Cl)nc(Nc4ccccc4S(=O)(=O)O)n2)c1[S@@](=O)O)N=3. The zero-order valence-electron chi connectivity index (χ0n) is 38.4. The standard InChI is InChI=1S/C43H36Cl4N14O10S4/c1-18(50-40-56-38(46)58-42(60-40)54-20-8-4-6-10-26(20)74(64,65)66)16-48-24-14-12-22-32(36(24)72-3)70-34-28(44)31-35(29(45)30(34)52-22)71-33-23(53-31)13-15-25(37(33)73(62)63)49-17-19(2)51-41-57-39(47)59-43(61-41)55-21-9-5-7-11-27(21)75(67,68)69/h4-15,18-19,48-49H,16-17H2,1-3H3,(H,62,63)(H,64,65,66)(H,67,68,69)(H2,50,54,56,58,60)(H2,51,55,57,59,61). The van der Waals surface area contributed by atoms with Crippen LogP contribution >= 0.6 is 58.2 Å². The zero-order chi connectivity index (χ0) is 53.5. The highest BCUT2D eigenvalue weighted by atomic mass is 35.5. The van der Waals surface area contributed by atoms with Gasteiger partial charge in [-0.2, -0.15) is 46.7 Å². The number of thioether (sulfide) groups is 1. The van der Waals surface area contributed by atoms with Crippen molar-refractivity contribution < 1.29 is 44.2 Å². The third kappa shape index (κ3) is 11.7. The number of aromatic nitrogens is 6. The third-order valence-electron chi connectivity index (χ3n) is 10.7. The van der Waals surface area contributed by atoms with Crippen molar-refractivity contribution >= 4 is 147 Å². The lowest BCUT2D eigenvalue weighted by molar-refractivity contribution is 0.439. The van der Waals surface area contributed by atoms with Crippen molar-refractivity contribution in [3.05, 3.63) is 104 Å². The molecule has 5 aromatic carbocycles. The maximum Gasteiger partial charge on any atom is 0.296 e. The van der Waals surface area contributed by atoms with Gasteiger partial charge in [0.15, 0.2) is 34.1 Å². The van der Waals surface area contributed by atoms with Crippen LogP contribution < -0.4 is 52.1 Å². The Morgan fingerprint density at radius 3 is 1.48 bits per heavy atom. The van der Waals surface area contributed by atoms with E-state index in [1.54, 1.807) is 37.3 Å². The Labute approximate surface area is 452 Å². The second-order valence-corrected chi connectivity index (χ2v) is 21.9. The number of halogens is 4. The van der Waals surface area contributed by atoms with Gasteiger partial charge in [0.1, 0.15) is 46.8 Å². The number of benzene rings is 5. The van der Waals surface area contributed by atoms with E-state index in [0.717, 1.165) is 0 Å². The van der Waals surface area contributed by atoms with Crippen LogP contribution in [-0.2, 0) is 31.3 Å². The van der Waals surface area contributed by atoms with Crippen LogP contribution in [0.2, 0.25) is 20.6 Å². The van der Waals surface area contributed by atoms with Crippen LogP contribution in [0.25, 0.3) is 0 Å². The molecule has 32 heteroatoms. The summed E-state index contributed by atoms with van der Waals surface area (Å²) in [6, 6.07) is 17.0. The van der Waals surface area contributed by atoms with E-state index in [2.05, 4.69) is 61.8 Å². The summed E-state index contributed by atoms with van der Waals surface area (Å²) in [6.07, 6.45) is 1.85. The molecule has 24 nitrogen and oxygen atoms in total. The summed E-state index contributed by atoms with van der Waals surface area (Å²) in [7, 11) is -9.15. The van der Waals surface area contributed by atoms with E-state index in [0.29, 0.717) is 28.6 Å². The molecule has 0 saturated carbocycles. The summed E-state index contributed by atoms with van der Waals surface area (Å²) >= 11 is 25.1. The minimum Gasteiger partial charge on any atom is -0.450 e. The Kier molecular flexibility index (Phi) is 15.4. The van der Waals surface area contributed by atoms with E-state index in [-0.39, 0.29) is 117 Å². The van der Waals surface area contributed by atoms with Crippen molar-refractivity contribution in [1.82, 2.24) is 29.9 Å². The fraction of sp³-hybridized carbons (Fsp3) is 0.163. The molecule has 0 bridgehead atoms. The molecule has 3 atom stereocenters. The fourth-order valence-electron chi connectivity index (χ4n) is 7.43. The van der Waals surface area contributed by atoms with Crippen molar-refractivity contribution in [1.29, 1.82) is 0 Å². The van der Waals surface area contributed by atoms with Crippen LogP contribution in [0.4, 0.5) is 57.9 Å². The summed E-state index contributed by atoms with van der Waals surface area (Å²) in [5.74, 6) is 0.238. The monoisotopic (exact) mass is 1180 g/mol. The molecule has 75 heavy (non-hydrogen) atoms. The molecule has 390 valence electrons. The van der Waals surface area contributed by atoms with Gasteiger partial charge in [0, 0.05) is 25.2 Å². The smallest absolute Gasteiger partial charge is 0.296 e. The number of hydrogen-bond acceptors (Lipinski definition) is 22. The molecule has 2 aliphatic rings. The quantitative estimate of drug-likeness (QED) is 0.0220. The highest BCUT2D eigenvalue weighted by Crippen LogP contribution is 2.49. The van der Waals surface area contributed by atoms with Gasteiger partial charge in [0.25, 0.3) is 20.2 Å². The topological polar surface area (TPSA) is 339 Å². The number of hydrogen-bond donors (Lipinski definition) is 9. The molecule has 2 aromatic heterocycles. The van der Waals surface area contributed by atoms with Crippen LogP contribution in [0.5, 0.6) is 23.0 Å². The summed E-state index contributed by atoms with van der Waals surface area (Å²) in [4.78, 5) is 34.1. The van der Waals surface area contributed by atoms with Crippen LogP contribution in [0.1, 0.15) is 13.8 Å².